The molecule has 0 spiro atoms. The molecule has 1 aliphatic rings. The van der Waals surface area contributed by atoms with Crippen molar-refractivity contribution in [3.8, 4) is 5.75 Å². The number of hydrogen-bond donors (Lipinski definition) is 2. The highest BCUT2D eigenvalue weighted by Gasteiger charge is 2.38. The summed E-state index contributed by atoms with van der Waals surface area (Å²) in [5, 5.41) is 21.8. The molecule has 0 atom stereocenters. The minimum absolute atomic E-state index is 0.0780. The number of fused-ring (bicyclic) bond motifs is 2. The van der Waals surface area contributed by atoms with Crippen LogP contribution in [0.4, 0.5) is 13.2 Å². The second-order valence-electron chi connectivity index (χ2n) is 8.44. The minimum atomic E-state index is -5.08. The molecular formula is C24H26F3N3O5. The van der Waals surface area contributed by atoms with E-state index in [1.807, 2.05) is 27.8 Å². The van der Waals surface area contributed by atoms with Gasteiger partial charge in [-0.15, -0.1) is 0 Å². The van der Waals surface area contributed by atoms with Gasteiger partial charge >= 0.3 is 18.1 Å². The third-order valence-corrected chi connectivity index (χ3v) is 5.41. The van der Waals surface area contributed by atoms with Gasteiger partial charge in [0.1, 0.15) is 12.4 Å². The molecule has 0 saturated carbocycles. The maximum atomic E-state index is 11.0. The average molecular weight is 493 g/mol. The van der Waals surface area contributed by atoms with Crippen molar-refractivity contribution in [1.29, 1.82) is 0 Å². The lowest BCUT2D eigenvalue weighted by molar-refractivity contribution is -0.192. The van der Waals surface area contributed by atoms with E-state index in [1.165, 1.54) is 5.56 Å². The average Bonchev–Trinajstić information content (AvgIpc) is 3.21. The van der Waals surface area contributed by atoms with Gasteiger partial charge in [-0.2, -0.15) is 18.3 Å². The molecular weight excluding hydrogens is 467 g/mol. The first-order chi connectivity index (χ1) is 16.4. The third-order valence-electron chi connectivity index (χ3n) is 5.41. The van der Waals surface area contributed by atoms with Gasteiger partial charge in [0, 0.05) is 30.7 Å². The summed E-state index contributed by atoms with van der Waals surface area (Å²) in [6.45, 7) is 6.20. The molecule has 8 nitrogen and oxygen atoms in total. The minimum Gasteiger partial charge on any atom is -0.489 e. The van der Waals surface area contributed by atoms with Crippen molar-refractivity contribution in [2.24, 2.45) is 0 Å². The number of carboxylic acid groups (broad SMARTS) is 2. The van der Waals surface area contributed by atoms with E-state index in [1.54, 1.807) is 0 Å². The van der Waals surface area contributed by atoms with Crippen LogP contribution in [0.3, 0.4) is 0 Å². The van der Waals surface area contributed by atoms with Crippen molar-refractivity contribution >= 4 is 22.8 Å². The van der Waals surface area contributed by atoms with E-state index in [0.717, 1.165) is 40.7 Å². The normalized spacial score (nSPS) is 13.8. The Morgan fingerprint density at radius 2 is 1.89 bits per heavy atom. The lowest BCUT2D eigenvalue weighted by Gasteiger charge is -2.28. The van der Waals surface area contributed by atoms with Crippen LogP contribution in [-0.2, 0) is 29.2 Å². The molecule has 1 aliphatic heterocycles. The molecule has 4 rings (SSSR count). The molecule has 2 N–H and O–H groups in total. The van der Waals surface area contributed by atoms with Gasteiger partial charge in [-0.1, -0.05) is 18.2 Å². The van der Waals surface area contributed by atoms with E-state index in [2.05, 4.69) is 43.3 Å². The molecule has 2 heterocycles. The molecule has 1 aromatic heterocycles. The topological polar surface area (TPSA) is 105 Å². The van der Waals surface area contributed by atoms with Crippen LogP contribution < -0.4 is 4.74 Å². The number of carbonyl (C=O) groups is 2. The molecule has 11 heteroatoms. The highest BCUT2D eigenvalue weighted by atomic mass is 19.4. The van der Waals surface area contributed by atoms with Crippen LogP contribution in [-0.4, -0.2) is 56.1 Å². The lowest BCUT2D eigenvalue weighted by Crippen LogP contribution is -2.34. The van der Waals surface area contributed by atoms with Gasteiger partial charge in [-0.25, -0.2) is 4.79 Å². The first-order valence-corrected chi connectivity index (χ1v) is 10.9. The summed E-state index contributed by atoms with van der Waals surface area (Å²) >= 11 is 0. The van der Waals surface area contributed by atoms with Gasteiger partial charge in [-0.3, -0.25) is 14.4 Å². The van der Waals surface area contributed by atoms with E-state index in [9.17, 15) is 18.0 Å². The molecule has 0 saturated heterocycles. The van der Waals surface area contributed by atoms with Gasteiger partial charge in [0.15, 0.2) is 0 Å². The summed E-state index contributed by atoms with van der Waals surface area (Å²) in [6.07, 6.45) is -2.20. The Morgan fingerprint density at radius 1 is 1.17 bits per heavy atom. The summed E-state index contributed by atoms with van der Waals surface area (Å²) in [4.78, 5) is 21.8. The molecule has 188 valence electrons. The van der Waals surface area contributed by atoms with E-state index < -0.39 is 18.1 Å². The van der Waals surface area contributed by atoms with Crippen LogP contribution in [0.2, 0.25) is 0 Å². The zero-order chi connectivity index (χ0) is 25.8. The van der Waals surface area contributed by atoms with Crippen LogP contribution in [0.15, 0.2) is 42.6 Å². The largest absolute Gasteiger partial charge is 0.490 e. The number of carboxylic acids is 2. The Morgan fingerprint density at radius 3 is 2.51 bits per heavy atom. The van der Waals surface area contributed by atoms with Gasteiger partial charge in [0.05, 0.1) is 12.1 Å². The maximum absolute atomic E-state index is 11.0. The van der Waals surface area contributed by atoms with E-state index in [-0.39, 0.29) is 6.54 Å². The SMILES string of the molecule is CC(C)n1cc2cc(COc3cccc4c3CCN(CC(=O)O)C4)ccc2n1.O=C(O)C(F)(F)F. The molecule has 0 unspecified atom stereocenters. The Labute approximate surface area is 199 Å². The predicted molar refractivity (Wildman–Crippen MR) is 121 cm³/mol. The molecule has 0 bridgehead atoms. The molecule has 0 fully saturated rings. The molecule has 35 heavy (non-hydrogen) atoms. The summed E-state index contributed by atoms with van der Waals surface area (Å²) < 4.78 is 39.9. The Hall–Kier alpha value is -3.60. The number of nitrogens with zero attached hydrogens (tertiary/aromatic N) is 3. The molecule has 0 amide bonds. The van der Waals surface area contributed by atoms with Crippen molar-refractivity contribution in [3.05, 3.63) is 59.3 Å². The Kier molecular flexibility index (Phi) is 8.00. The van der Waals surface area contributed by atoms with E-state index >= 15 is 0 Å². The second kappa shape index (κ2) is 10.8. The van der Waals surface area contributed by atoms with Crippen LogP contribution in [0.5, 0.6) is 5.75 Å². The van der Waals surface area contributed by atoms with Crippen molar-refractivity contribution in [3.63, 3.8) is 0 Å². The Bertz CT molecular complexity index is 1210. The van der Waals surface area contributed by atoms with Crippen LogP contribution in [0, 0.1) is 0 Å². The van der Waals surface area contributed by atoms with Crippen molar-refractivity contribution < 1.29 is 37.7 Å². The molecule has 0 aliphatic carbocycles. The highest BCUT2D eigenvalue weighted by molar-refractivity contribution is 5.78. The summed E-state index contributed by atoms with van der Waals surface area (Å²) in [7, 11) is 0. The summed E-state index contributed by atoms with van der Waals surface area (Å²) in [6, 6.07) is 12.6. The van der Waals surface area contributed by atoms with Crippen molar-refractivity contribution in [2.75, 3.05) is 13.1 Å². The summed E-state index contributed by atoms with van der Waals surface area (Å²) in [5.74, 6) is -2.65. The van der Waals surface area contributed by atoms with Crippen molar-refractivity contribution in [2.45, 2.75) is 45.6 Å². The Balaban J connectivity index is 0.000000429. The quantitative estimate of drug-likeness (QED) is 0.528. The second-order valence-corrected chi connectivity index (χ2v) is 8.44. The zero-order valence-corrected chi connectivity index (χ0v) is 19.2. The fraction of sp³-hybridized carbons (Fsp3) is 0.375. The van der Waals surface area contributed by atoms with Gasteiger partial charge < -0.3 is 14.9 Å². The van der Waals surface area contributed by atoms with Gasteiger partial charge in [0.2, 0.25) is 0 Å². The van der Waals surface area contributed by atoms with Gasteiger partial charge in [0.25, 0.3) is 0 Å². The molecule has 2 aromatic carbocycles. The highest BCUT2D eigenvalue weighted by Crippen LogP contribution is 2.29. The number of aromatic nitrogens is 2. The number of aliphatic carboxylic acids is 2. The van der Waals surface area contributed by atoms with Gasteiger partial charge in [-0.05, 0) is 55.2 Å². The smallest absolute Gasteiger partial charge is 0.489 e. The predicted octanol–water partition coefficient (Wildman–Crippen LogP) is 4.27. The van der Waals surface area contributed by atoms with E-state index in [4.69, 9.17) is 19.7 Å². The molecule has 3 aromatic rings. The first-order valence-electron chi connectivity index (χ1n) is 10.9. The molecule has 0 radical (unpaired) electrons. The number of ether oxygens (including phenoxy) is 1. The lowest BCUT2D eigenvalue weighted by atomic mass is 9.98. The third kappa shape index (κ3) is 6.95. The fourth-order valence-electron chi connectivity index (χ4n) is 3.70. The first kappa shape index (κ1) is 26.0. The monoisotopic (exact) mass is 493 g/mol. The number of rotatable bonds is 6. The van der Waals surface area contributed by atoms with Crippen molar-refractivity contribution in [1.82, 2.24) is 14.7 Å². The summed E-state index contributed by atoms with van der Waals surface area (Å²) in [5.41, 5.74) is 4.45. The number of benzene rings is 2. The van der Waals surface area contributed by atoms with Crippen LogP contribution in [0.25, 0.3) is 10.9 Å². The maximum Gasteiger partial charge on any atom is 0.490 e. The van der Waals surface area contributed by atoms with E-state index in [0.29, 0.717) is 19.2 Å². The number of alkyl halides is 3. The fourth-order valence-corrected chi connectivity index (χ4v) is 3.70. The van der Waals surface area contributed by atoms with Crippen LogP contribution >= 0.6 is 0 Å². The number of halogens is 3. The standard InChI is InChI=1S/C22H25N3O3.C2HF3O2/c1-15(2)25-12-18-10-16(6-7-20(18)23-25)14-28-21-5-3-4-17-11-24(13-22(26)27)9-8-19(17)21;3-2(4,5)1(6)7/h3-7,10,12,15H,8-9,11,13-14H2,1-2H3,(H,26,27);(H,6,7). The zero-order valence-electron chi connectivity index (χ0n) is 19.2. The number of hydrogen-bond acceptors (Lipinski definition) is 5. The van der Waals surface area contributed by atoms with Crippen LogP contribution in [0.1, 0.15) is 36.6 Å².